The van der Waals surface area contributed by atoms with Gasteiger partial charge in [0.15, 0.2) is 8.32 Å². The van der Waals surface area contributed by atoms with Crippen molar-refractivity contribution in [3.63, 3.8) is 0 Å². The van der Waals surface area contributed by atoms with Gasteiger partial charge >= 0.3 is 5.97 Å². The van der Waals surface area contributed by atoms with Crippen LogP contribution in [0, 0.1) is 0 Å². The van der Waals surface area contributed by atoms with E-state index in [0.717, 1.165) is 36.8 Å². The molecule has 0 fully saturated rings. The Morgan fingerprint density at radius 2 is 1.27 bits per heavy atom. The summed E-state index contributed by atoms with van der Waals surface area (Å²) >= 11 is 0. The monoisotopic (exact) mass is 622 g/mol. The largest absolute Gasteiger partial charge is 0.461 e. The molecule has 5 heteroatoms. The molecule has 0 radical (unpaired) electrons. The normalized spacial score (nSPS) is 13.8. The molecule has 246 valence electrons. The predicted molar refractivity (Wildman–Crippen MR) is 189 cm³/mol. The van der Waals surface area contributed by atoms with Crippen molar-refractivity contribution in [1.82, 2.24) is 0 Å². The van der Waals surface area contributed by atoms with E-state index in [2.05, 4.69) is 46.9 Å². The van der Waals surface area contributed by atoms with Crippen molar-refractivity contribution in [3.8, 4) is 0 Å². The maximum absolute atomic E-state index is 13.2. The minimum atomic E-state index is -2.03. The lowest BCUT2D eigenvalue weighted by molar-refractivity contribution is -0.143. The van der Waals surface area contributed by atoms with Crippen molar-refractivity contribution in [2.45, 2.75) is 147 Å². The Morgan fingerprint density at radius 1 is 0.773 bits per heavy atom. The van der Waals surface area contributed by atoms with E-state index in [1.807, 2.05) is 66.7 Å². The first-order valence-corrected chi connectivity index (χ1v) is 20.2. The van der Waals surface area contributed by atoms with Crippen LogP contribution in [0.4, 0.5) is 0 Å². The van der Waals surface area contributed by atoms with Crippen molar-refractivity contribution in [1.29, 1.82) is 0 Å². The molecule has 0 unspecified atom stereocenters. The molecule has 1 N–H and O–H groups in total. The smallest absolute Gasteiger partial charge is 0.318 e. The van der Waals surface area contributed by atoms with Crippen LogP contribution in [0.2, 0.25) is 18.1 Å². The highest BCUT2D eigenvalue weighted by atomic mass is 28.4. The fraction of sp³-hybridized carbons (Fsp3) is 0.615. The van der Waals surface area contributed by atoms with E-state index in [0.29, 0.717) is 0 Å². The molecule has 0 amide bonds. The zero-order valence-electron chi connectivity index (χ0n) is 28.7. The number of carbonyl (C=O) groups excluding carboxylic acids is 1. The maximum atomic E-state index is 13.2. The second-order valence-corrected chi connectivity index (χ2v) is 18.6. The highest BCUT2D eigenvalue weighted by Gasteiger charge is 2.40. The summed E-state index contributed by atoms with van der Waals surface area (Å²) in [5, 5.41) is 11.3. The number of rotatable bonds is 22. The first-order valence-electron chi connectivity index (χ1n) is 17.3. The van der Waals surface area contributed by atoms with Gasteiger partial charge in [0.1, 0.15) is 12.5 Å². The molecule has 0 heterocycles. The Morgan fingerprint density at radius 3 is 1.77 bits per heavy atom. The number of ether oxygens (including phenoxy) is 1. The minimum absolute atomic E-state index is 0.0835. The molecule has 0 aliphatic carbocycles. The SMILES string of the molecule is CCCCCCCCCCCC[C@@H](O)[C@@H](CC/C=C/COC(=O)C(c1ccccc1)c1ccccc1)O[Si](C)(C)C(C)(C)C. The van der Waals surface area contributed by atoms with Crippen LogP contribution in [0.5, 0.6) is 0 Å². The molecule has 0 spiro atoms. The summed E-state index contributed by atoms with van der Waals surface area (Å²) in [5.41, 5.74) is 1.85. The van der Waals surface area contributed by atoms with Crippen molar-refractivity contribution < 1.29 is 19.1 Å². The molecule has 0 saturated carbocycles. The number of allylic oxidation sites excluding steroid dienone is 1. The van der Waals surface area contributed by atoms with Crippen molar-refractivity contribution in [2.24, 2.45) is 0 Å². The number of hydrogen-bond donors (Lipinski definition) is 1. The third-order valence-corrected chi connectivity index (χ3v) is 13.6. The van der Waals surface area contributed by atoms with Gasteiger partial charge in [-0.25, -0.2) is 0 Å². The van der Waals surface area contributed by atoms with Crippen molar-refractivity contribution >= 4 is 14.3 Å². The van der Waals surface area contributed by atoms with Crippen LogP contribution in [-0.2, 0) is 14.0 Å². The Balaban J connectivity index is 1.85. The lowest BCUT2D eigenvalue weighted by atomic mass is 9.91. The lowest BCUT2D eigenvalue weighted by Gasteiger charge is -2.40. The first kappa shape index (κ1) is 38.0. The van der Waals surface area contributed by atoms with Crippen LogP contribution in [0.3, 0.4) is 0 Å². The number of hydrogen-bond acceptors (Lipinski definition) is 4. The third kappa shape index (κ3) is 14.3. The van der Waals surface area contributed by atoms with E-state index < -0.39 is 20.3 Å². The van der Waals surface area contributed by atoms with Crippen LogP contribution >= 0.6 is 0 Å². The van der Waals surface area contributed by atoms with Crippen LogP contribution in [-0.4, -0.2) is 38.2 Å². The summed E-state index contributed by atoms with van der Waals surface area (Å²) in [6.07, 6.45) is 18.6. The Hall–Kier alpha value is -2.21. The van der Waals surface area contributed by atoms with Crippen LogP contribution in [0.1, 0.15) is 128 Å². The summed E-state index contributed by atoms with van der Waals surface area (Å²) in [4.78, 5) is 13.2. The molecule has 2 aromatic rings. The second kappa shape index (κ2) is 20.7. The average Bonchev–Trinajstić information content (AvgIpc) is 2.99. The number of aliphatic hydroxyl groups is 1. The molecule has 2 rings (SSSR count). The number of carbonyl (C=O) groups is 1. The third-order valence-electron chi connectivity index (χ3n) is 9.14. The highest BCUT2D eigenvalue weighted by molar-refractivity contribution is 6.74. The molecule has 44 heavy (non-hydrogen) atoms. The van der Waals surface area contributed by atoms with Gasteiger partial charge in [0.05, 0.1) is 12.2 Å². The molecule has 4 nitrogen and oxygen atoms in total. The van der Waals surface area contributed by atoms with E-state index in [1.165, 1.54) is 57.8 Å². The summed E-state index contributed by atoms with van der Waals surface area (Å²) < 4.78 is 12.5. The van der Waals surface area contributed by atoms with Crippen molar-refractivity contribution in [3.05, 3.63) is 83.9 Å². The molecular formula is C39H62O4Si. The Bertz CT molecular complexity index is 1010. The van der Waals surface area contributed by atoms with E-state index >= 15 is 0 Å². The molecule has 0 aliphatic rings. The van der Waals surface area contributed by atoms with Gasteiger partial charge in [-0.1, -0.05) is 165 Å². The molecule has 0 aliphatic heterocycles. The van der Waals surface area contributed by atoms with Gasteiger partial charge in [0.2, 0.25) is 0 Å². The summed E-state index contributed by atoms with van der Waals surface area (Å²) in [6, 6.07) is 19.6. The fourth-order valence-corrected chi connectivity index (χ4v) is 6.71. The average molecular weight is 623 g/mol. The Labute approximate surface area is 270 Å². The molecule has 2 aromatic carbocycles. The highest BCUT2D eigenvalue weighted by Crippen LogP contribution is 2.38. The fourth-order valence-electron chi connectivity index (χ4n) is 5.33. The van der Waals surface area contributed by atoms with Crippen LogP contribution in [0.15, 0.2) is 72.8 Å². The van der Waals surface area contributed by atoms with Gasteiger partial charge in [-0.3, -0.25) is 4.79 Å². The maximum Gasteiger partial charge on any atom is 0.318 e. The van der Waals surface area contributed by atoms with Crippen LogP contribution < -0.4 is 0 Å². The summed E-state index contributed by atoms with van der Waals surface area (Å²) in [6.45, 7) is 13.8. The molecular weight excluding hydrogens is 561 g/mol. The van der Waals surface area contributed by atoms with Gasteiger partial charge in [-0.2, -0.15) is 0 Å². The Kier molecular flexibility index (Phi) is 17.9. The molecule has 0 aromatic heterocycles. The van der Waals surface area contributed by atoms with E-state index in [-0.39, 0.29) is 23.7 Å². The minimum Gasteiger partial charge on any atom is -0.461 e. The molecule has 0 bridgehead atoms. The number of unbranched alkanes of at least 4 members (excludes halogenated alkanes) is 9. The van der Waals surface area contributed by atoms with E-state index in [1.54, 1.807) is 0 Å². The van der Waals surface area contributed by atoms with Gasteiger partial charge in [-0.15, -0.1) is 0 Å². The van der Waals surface area contributed by atoms with Gasteiger partial charge < -0.3 is 14.3 Å². The van der Waals surface area contributed by atoms with E-state index in [9.17, 15) is 9.90 Å². The quantitative estimate of drug-likeness (QED) is 0.0614. The standard InChI is InChI=1S/C39H62O4Si/c1-7-8-9-10-11-12-13-14-15-23-30-35(40)36(43-44(5,6)39(2,3)4)31-24-18-25-32-42-38(41)37(33-26-19-16-20-27-33)34-28-21-17-22-29-34/h16-22,25-29,35-37,40H,7-15,23-24,30-32H2,1-6H3/b25-18+/t35-,36-/m1/s1. The zero-order valence-corrected chi connectivity index (χ0v) is 29.7. The lowest BCUT2D eigenvalue weighted by Crippen LogP contribution is -2.47. The molecule has 0 saturated heterocycles. The van der Waals surface area contributed by atoms with Gasteiger partial charge in [0, 0.05) is 0 Å². The zero-order chi connectivity index (χ0) is 32.3. The van der Waals surface area contributed by atoms with E-state index in [4.69, 9.17) is 9.16 Å². The second-order valence-electron chi connectivity index (χ2n) is 13.9. The first-order chi connectivity index (χ1) is 21.1. The summed E-state index contributed by atoms with van der Waals surface area (Å²) in [7, 11) is -2.03. The van der Waals surface area contributed by atoms with Gasteiger partial charge in [0.25, 0.3) is 0 Å². The topological polar surface area (TPSA) is 55.8 Å². The van der Waals surface area contributed by atoms with Gasteiger partial charge in [-0.05, 0) is 48.5 Å². The predicted octanol–water partition coefficient (Wildman–Crippen LogP) is 10.8. The molecule has 2 atom stereocenters. The van der Waals surface area contributed by atoms with Crippen molar-refractivity contribution in [2.75, 3.05) is 6.61 Å². The number of benzene rings is 2. The number of esters is 1. The summed E-state index contributed by atoms with van der Waals surface area (Å²) in [5.74, 6) is -0.702. The number of aliphatic hydroxyl groups excluding tert-OH is 1. The van der Waals surface area contributed by atoms with Crippen LogP contribution in [0.25, 0.3) is 0 Å².